The molecule has 0 saturated carbocycles. The van der Waals surface area contributed by atoms with Gasteiger partial charge in [-0.2, -0.15) is 0 Å². The van der Waals surface area contributed by atoms with Gasteiger partial charge < -0.3 is 9.67 Å². The summed E-state index contributed by atoms with van der Waals surface area (Å²) in [6.45, 7) is 0. The van der Waals surface area contributed by atoms with Gasteiger partial charge in [0, 0.05) is 25.9 Å². The highest BCUT2D eigenvalue weighted by Gasteiger charge is 2.14. The third-order valence-corrected chi connectivity index (χ3v) is 2.50. The number of imidazole rings is 1. The minimum atomic E-state index is -0.227. The van der Waals surface area contributed by atoms with Gasteiger partial charge in [0.05, 0.1) is 6.10 Å². The zero-order valence-corrected chi connectivity index (χ0v) is 7.77. The molecule has 1 unspecified atom stereocenters. The van der Waals surface area contributed by atoms with Crippen molar-refractivity contribution in [3.63, 3.8) is 0 Å². The van der Waals surface area contributed by atoms with Crippen LogP contribution in [0, 0.1) is 0 Å². The second-order valence-corrected chi connectivity index (χ2v) is 3.56. The number of rotatable bonds is 2. The first-order chi connectivity index (χ1) is 6.25. The number of aryl methyl sites for hydroxylation is 1. The van der Waals surface area contributed by atoms with Gasteiger partial charge in [-0.05, 0) is 12.8 Å². The van der Waals surface area contributed by atoms with Crippen molar-refractivity contribution in [2.45, 2.75) is 25.4 Å². The van der Waals surface area contributed by atoms with Gasteiger partial charge in [-0.25, -0.2) is 4.98 Å². The molecule has 1 N–H and O–H groups in total. The number of nitrogens with zero attached hydrogens (tertiary/aromatic N) is 2. The Kier molecular flexibility index (Phi) is 2.19. The quantitative estimate of drug-likeness (QED) is 0.687. The maximum atomic E-state index is 9.29. The van der Waals surface area contributed by atoms with Crippen LogP contribution in [0.4, 0.5) is 0 Å². The standard InChI is InChI=1S/C10H14N2O/c1-12-5-4-11-10(12)7-8-2-3-9(13)6-8/h4-6,9,13H,2-3,7H2,1H3. The Hall–Kier alpha value is -1.09. The maximum absolute atomic E-state index is 9.29. The van der Waals surface area contributed by atoms with Crippen molar-refractivity contribution in [3.05, 3.63) is 29.9 Å². The molecule has 0 radical (unpaired) electrons. The molecule has 1 heterocycles. The van der Waals surface area contributed by atoms with Crippen LogP contribution >= 0.6 is 0 Å². The Morgan fingerprint density at radius 1 is 1.69 bits per heavy atom. The summed E-state index contributed by atoms with van der Waals surface area (Å²) in [5.41, 5.74) is 1.31. The fourth-order valence-electron chi connectivity index (χ4n) is 1.69. The smallest absolute Gasteiger partial charge is 0.112 e. The average molecular weight is 178 g/mol. The topological polar surface area (TPSA) is 38.0 Å². The number of aromatic nitrogens is 2. The van der Waals surface area contributed by atoms with Gasteiger partial charge in [0.25, 0.3) is 0 Å². The second kappa shape index (κ2) is 3.34. The van der Waals surface area contributed by atoms with E-state index in [0.29, 0.717) is 0 Å². The molecular formula is C10H14N2O. The van der Waals surface area contributed by atoms with Gasteiger partial charge in [-0.1, -0.05) is 11.6 Å². The molecule has 70 valence electrons. The fourth-order valence-corrected chi connectivity index (χ4v) is 1.69. The molecule has 0 amide bonds. The lowest BCUT2D eigenvalue weighted by Crippen LogP contribution is -1.98. The molecule has 1 aromatic heterocycles. The van der Waals surface area contributed by atoms with Crippen LogP contribution in [0.5, 0.6) is 0 Å². The van der Waals surface area contributed by atoms with Crippen LogP contribution in [0.15, 0.2) is 24.0 Å². The van der Waals surface area contributed by atoms with Gasteiger partial charge in [0.15, 0.2) is 0 Å². The van der Waals surface area contributed by atoms with E-state index in [1.54, 1.807) is 6.20 Å². The average Bonchev–Trinajstić information content (AvgIpc) is 2.64. The predicted molar refractivity (Wildman–Crippen MR) is 50.2 cm³/mol. The van der Waals surface area contributed by atoms with E-state index in [9.17, 15) is 5.11 Å². The fraction of sp³-hybridized carbons (Fsp3) is 0.500. The summed E-state index contributed by atoms with van der Waals surface area (Å²) in [7, 11) is 1.99. The lowest BCUT2D eigenvalue weighted by atomic mass is 10.1. The molecule has 2 rings (SSSR count). The highest BCUT2D eigenvalue weighted by Crippen LogP contribution is 2.21. The first kappa shape index (κ1) is 8.51. The summed E-state index contributed by atoms with van der Waals surface area (Å²) in [5.74, 6) is 1.07. The van der Waals surface area contributed by atoms with Crippen molar-refractivity contribution in [2.24, 2.45) is 7.05 Å². The molecule has 1 aliphatic carbocycles. The summed E-state index contributed by atoms with van der Waals surface area (Å²) in [5, 5.41) is 9.29. The molecule has 0 aromatic carbocycles. The molecule has 0 fully saturated rings. The van der Waals surface area contributed by atoms with Crippen LogP contribution in [-0.2, 0) is 13.5 Å². The first-order valence-electron chi connectivity index (χ1n) is 4.59. The first-order valence-corrected chi connectivity index (χ1v) is 4.59. The minimum absolute atomic E-state index is 0.227. The van der Waals surface area contributed by atoms with E-state index in [-0.39, 0.29) is 6.10 Å². The number of aliphatic hydroxyl groups excluding tert-OH is 1. The van der Waals surface area contributed by atoms with E-state index in [1.165, 1.54) is 5.57 Å². The Morgan fingerprint density at radius 2 is 2.54 bits per heavy atom. The molecular weight excluding hydrogens is 164 g/mol. The van der Waals surface area contributed by atoms with Crippen molar-refractivity contribution >= 4 is 0 Å². The monoisotopic (exact) mass is 178 g/mol. The Balaban J connectivity index is 2.07. The lowest BCUT2D eigenvalue weighted by Gasteiger charge is -2.01. The molecule has 1 aliphatic rings. The predicted octanol–water partition coefficient (Wildman–Crippen LogP) is 1.04. The van der Waals surface area contributed by atoms with Gasteiger partial charge in [-0.3, -0.25) is 0 Å². The van der Waals surface area contributed by atoms with Gasteiger partial charge in [0.2, 0.25) is 0 Å². The Morgan fingerprint density at radius 3 is 3.08 bits per heavy atom. The summed E-state index contributed by atoms with van der Waals surface area (Å²) in [4.78, 5) is 4.24. The van der Waals surface area contributed by atoms with Crippen LogP contribution in [0.2, 0.25) is 0 Å². The molecule has 0 bridgehead atoms. The highest BCUT2D eigenvalue weighted by molar-refractivity contribution is 5.16. The third-order valence-electron chi connectivity index (χ3n) is 2.50. The van der Waals surface area contributed by atoms with E-state index in [0.717, 1.165) is 25.1 Å². The van der Waals surface area contributed by atoms with E-state index >= 15 is 0 Å². The van der Waals surface area contributed by atoms with Gasteiger partial charge in [-0.15, -0.1) is 0 Å². The summed E-state index contributed by atoms with van der Waals surface area (Å²) in [6, 6.07) is 0. The SMILES string of the molecule is Cn1ccnc1CC1=CC(O)CC1. The Labute approximate surface area is 77.7 Å². The number of aliphatic hydroxyl groups is 1. The number of hydrogen-bond donors (Lipinski definition) is 1. The normalized spacial score (nSPS) is 22.0. The summed E-state index contributed by atoms with van der Waals surface area (Å²) < 4.78 is 2.02. The molecule has 1 aromatic rings. The summed E-state index contributed by atoms with van der Waals surface area (Å²) >= 11 is 0. The van der Waals surface area contributed by atoms with Crippen LogP contribution in [-0.4, -0.2) is 20.8 Å². The van der Waals surface area contributed by atoms with Gasteiger partial charge in [0.1, 0.15) is 5.82 Å². The van der Waals surface area contributed by atoms with Crippen LogP contribution in [0.25, 0.3) is 0 Å². The van der Waals surface area contributed by atoms with Crippen molar-refractivity contribution in [1.29, 1.82) is 0 Å². The zero-order valence-electron chi connectivity index (χ0n) is 7.77. The third kappa shape index (κ3) is 1.80. The van der Waals surface area contributed by atoms with E-state index in [2.05, 4.69) is 4.98 Å². The zero-order chi connectivity index (χ0) is 9.26. The van der Waals surface area contributed by atoms with Crippen molar-refractivity contribution in [1.82, 2.24) is 9.55 Å². The van der Waals surface area contributed by atoms with Crippen LogP contribution in [0.3, 0.4) is 0 Å². The molecule has 0 spiro atoms. The lowest BCUT2D eigenvalue weighted by molar-refractivity contribution is 0.223. The van der Waals surface area contributed by atoms with E-state index in [1.807, 2.05) is 23.9 Å². The van der Waals surface area contributed by atoms with E-state index in [4.69, 9.17) is 0 Å². The summed E-state index contributed by atoms with van der Waals surface area (Å²) in [6.07, 6.45) is 8.24. The molecule has 0 aliphatic heterocycles. The van der Waals surface area contributed by atoms with Crippen molar-refractivity contribution in [2.75, 3.05) is 0 Å². The van der Waals surface area contributed by atoms with Crippen LogP contribution in [0.1, 0.15) is 18.7 Å². The molecule has 1 atom stereocenters. The molecule has 3 heteroatoms. The second-order valence-electron chi connectivity index (χ2n) is 3.56. The van der Waals surface area contributed by atoms with Gasteiger partial charge >= 0.3 is 0 Å². The minimum Gasteiger partial charge on any atom is -0.389 e. The van der Waals surface area contributed by atoms with Crippen LogP contribution < -0.4 is 0 Å². The number of hydrogen-bond acceptors (Lipinski definition) is 2. The molecule has 3 nitrogen and oxygen atoms in total. The molecule has 13 heavy (non-hydrogen) atoms. The Bertz CT molecular complexity index is 327. The van der Waals surface area contributed by atoms with E-state index < -0.39 is 0 Å². The largest absolute Gasteiger partial charge is 0.389 e. The molecule has 0 saturated heterocycles. The maximum Gasteiger partial charge on any atom is 0.112 e. The van der Waals surface area contributed by atoms with Crippen molar-refractivity contribution < 1.29 is 5.11 Å². The van der Waals surface area contributed by atoms with Crippen molar-refractivity contribution in [3.8, 4) is 0 Å². The number of allylic oxidation sites excluding steroid dienone is 1. The highest BCUT2D eigenvalue weighted by atomic mass is 16.3.